The number of nitrogens with one attached hydrogen (secondary N) is 1. The third-order valence-electron chi connectivity index (χ3n) is 7.10. The molecular formula is C29H28N6O4. The zero-order chi connectivity index (χ0) is 26.6. The summed E-state index contributed by atoms with van der Waals surface area (Å²) in [5.41, 5.74) is 2.88. The van der Waals surface area contributed by atoms with Crippen LogP contribution < -0.4 is 14.8 Å². The molecule has 1 aliphatic heterocycles. The predicted octanol–water partition coefficient (Wildman–Crippen LogP) is 3.95. The number of carbonyl (C=O) groups excluding carboxylic acids is 2. The van der Waals surface area contributed by atoms with Crippen molar-refractivity contribution in [1.29, 1.82) is 0 Å². The number of fused-ring (bicyclic) bond motifs is 2. The maximum Gasteiger partial charge on any atom is 0.247 e. The summed E-state index contributed by atoms with van der Waals surface area (Å²) in [4.78, 5) is 33.9. The molecule has 2 aromatic heterocycles. The van der Waals surface area contributed by atoms with Gasteiger partial charge in [0, 0.05) is 30.7 Å². The Kier molecular flexibility index (Phi) is 6.90. The lowest BCUT2D eigenvalue weighted by Gasteiger charge is -2.37. The molecule has 6 rings (SSSR count). The number of rotatable bonds is 8. The minimum atomic E-state index is -0.720. The molecule has 2 atom stereocenters. The van der Waals surface area contributed by atoms with Crippen molar-refractivity contribution < 1.29 is 19.1 Å². The van der Waals surface area contributed by atoms with E-state index in [4.69, 9.17) is 9.47 Å². The topological polar surface area (TPSA) is 111 Å². The van der Waals surface area contributed by atoms with Gasteiger partial charge in [-0.3, -0.25) is 14.6 Å². The van der Waals surface area contributed by atoms with E-state index >= 15 is 0 Å². The summed E-state index contributed by atoms with van der Waals surface area (Å²) in [6.07, 6.45) is 9.96. The van der Waals surface area contributed by atoms with E-state index in [1.807, 2.05) is 36.4 Å². The van der Waals surface area contributed by atoms with Gasteiger partial charge < -0.3 is 19.7 Å². The van der Waals surface area contributed by atoms with Crippen LogP contribution in [-0.2, 0) is 22.7 Å². The molecule has 2 amide bonds. The van der Waals surface area contributed by atoms with Crippen LogP contribution in [0.15, 0.2) is 79.1 Å². The Hall–Kier alpha value is -4.73. The molecule has 0 saturated carbocycles. The van der Waals surface area contributed by atoms with Gasteiger partial charge in [-0.15, -0.1) is 5.10 Å². The fraction of sp³-hybridized carbons (Fsp3) is 0.276. The highest BCUT2D eigenvalue weighted by Gasteiger charge is 2.37. The fourth-order valence-electron chi connectivity index (χ4n) is 5.19. The number of carbonyl (C=O) groups is 2. The number of amides is 2. The molecule has 0 fully saturated rings. The molecule has 1 aliphatic carbocycles. The highest BCUT2D eigenvalue weighted by molar-refractivity contribution is 5.98. The summed E-state index contributed by atoms with van der Waals surface area (Å²) >= 11 is 0. The van der Waals surface area contributed by atoms with Crippen molar-refractivity contribution in [1.82, 2.24) is 24.9 Å². The Morgan fingerprint density at radius 2 is 1.97 bits per heavy atom. The Labute approximate surface area is 225 Å². The van der Waals surface area contributed by atoms with E-state index < -0.39 is 6.04 Å². The molecule has 2 aliphatic rings. The number of pyridine rings is 1. The number of para-hydroxylation sites is 1. The van der Waals surface area contributed by atoms with Crippen LogP contribution in [0.5, 0.6) is 11.5 Å². The van der Waals surface area contributed by atoms with E-state index in [1.54, 1.807) is 40.2 Å². The van der Waals surface area contributed by atoms with Crippen molar-refractivity contribution in [2.24, 2.45) is 5.92 Å². The molecule has 0 radical (unpaired) electrons. The van der Waals surface area contributed by atoms with Crippen molar-refractivity contribution >= 4 is 28.5 Å². The van der Waals surface area contributed by atoms with E-state index in [1.165, 1.54) is 0 Å². The van der Waals surface area contributed by atoms with Crippen LogP contribution in [-0.4, -0.2) is 49.5 Å². The minimum Gasteiger partial charge on any atom is -0.454 e. The second kappa shape index (κ2) is 10.9. The quantitative estimate of drug-likeness (QED) is 0.348. The molecule has 0 unspecified atom stereocenters. The highest BCUT2D eigenvalue weighted by Crippen LogP contribution is 2.35. The molecule has 1 N–H and O–H groups in total. The first-order valence-corrected chi connectivity index (χ1v) is 13.0. The molecule has 10 heteroatoms. The van der Waals surface area contributed by atoms with Crippen molar-refractivity contribution in [3.8, 4) is 11.5 Å². The molecule has 4 aromatic rings. The van der Waals surface area contributed by atoms with Gasteiger partial charge in [-0.05, 0) is 61.1 Å². The van der Waals surface area contributed by atoms with Gasteiger partial charge in [0.1, 0.15) is 18.1 Å². The Balaban J connectivity index is 1.33. The number of hydrogen-bond donors (Lipinski definition) is 1. The zero-order valence-electron chi connectivity index (χ0n) is 21.3. The van der Waals surface area contributed by atoms with Gasteiger partial charge in [-0.2, -0.15) is 0 Å². The molecule has 39 heavy (non-hydrogen) atoms. The van der Waals surface area contributed by atoms with E-state index in [2.05, 4.69) is 32.8 Å². The van der Waals surface area contributed by atoms with Crippen molar-refractivity contribution in [3.63, 3.8) is 0 Å². The third-order valence-corrected chi connectivity index (χ3v) is 7.10. The third kappa shape index (κ3) is 5.31. The summed E-state index contributed by atoms with van der Waals surface area (Å²) in [7, 11) is 0. The summed E-state index contributed by atoms with van der Waals surface area (Å²) in [6, 6.07) is 15.8. The van der Waals surface area contributed by atoms with Gasteiger partial charge in [0.2, 0.25) is 18.6 Å². The lowest BCUT2D eigenvalue weighted by molar-refractivity contribution is -0.142. The predicted molar refractivity (Wildman–Crippen MR) is 144 cm³/mol. The maximum atomic E-state index is 14.0. The van der Waals surface area contributed by atoms with E-state index in [0.29, 0.717) is 29.1 Å². The van der Waals surface area contributed by atoms with Crippen LogP contribution in [0.3, 0.4) is 0 Å². The Bertz CT molecular complexity index is 1520. The molecule has 0 spiro atoms. The fourth-order valence-corrected chi connectivity index (χ4v) is 5.19. The molecular weight excluding hydrogens is 496 g/mol. The molecule has 10 nitrogen and oxygen atoms in total. The molecule has 2 aromatic carbocycles. The zero-order valence-corrected chi connectivity index (χ0v) is 21.3. The number of hydrogen-bond acceptors (Lipinski definition) is 7. The Morgan fingerprint density at radius 3 is 2.82 bits per heavy atom. The highest BCUT2D eigenvalue weighted by atomic mass is 16.7. The first-order valence-electron chi connectivity index (χ1n) is 13.0. The number of anilines is 1. The van der Waals surface area contributed by atoms with Gasteiger partial charge in [0.05, 0.1) is 5.52 Å². The van der Waals surface area contributed by atoms with Crippen molar-refractivity contribution in [2.45, 2.75) is 38.4 Å². The number of benzene rings is 2. The second-order valence-corrected chi connectivity index (χ2v) is 9.67. The lowest BCUT2D eigenvalue weighted by Crippen LogP contribution is -2.52. The first-order chi connectivity index (χ1) is 19.2. The molecule has 3 heterocycles. The average molecular weight is 525 g/mol. The number of nitrogens with zero attached hydrogens (tertiary/aromatic N) is 5. The van der Waals surface area contributed by atoms with Gasteiger partial charge in [0.25, 0.3) is 0 Å². The summed E-state index contributed by atoms with van der Waals surface area (Å²) in [5.74, 6) is 0.670. The maximum absolute atomic E-state index is 14.0. The lowest BCUT2D eigenvalue weighted by atomic mass is 9.85. The van der Waals surface area contributed by atoms with Gasteiger partial charge in [-0.25, -0.2) is 4.68 Å². The van der Waals surface area contributed by atoms with Gasteiger partial charge in [-0.1, -0.05) is 35.6 Å². The normalized spacial score (nSPS) is 16.7. The van der Waals surface area contributed by atoms with Gasteiger partial charge in [0.15, 0.2) is 11.5 Å². The summed E-state index contributed by atoms with van der Waals surface area (Å²) < 4.78 is 12.5. The van der Waals surface area contributed by atoms with Crippen LogP contribution in [0.1, 0.15) is 24.8 Å². The molecule has 198 valence electrons. The summed E-state index contributed by atoms with van der Waals surface area (Å²) in [6.45, 7) is 0.337. The number of ether oxygens (including phenoxy) is 2. The second-order valence-electron chi connectivity index (χ2n) is 9.67. The molecule has 0 saturated heterocycles. The Morgan fingerprint density at radius 1 is 1.08 bits per heavy atom. The van der Waals surface area contributed by atoms with Crippen LogP contribution >= 0.6 is 0 Å². The van der Waals surface area contributed by atoms with Crippen LogP contribution in [0.2, 0.25) is 0 Å². The van der Waals surface area contributed by atoms with E-state index in [-0.39, 0.29) is 37.6 Å². The van der Waals surface area contributed by atoms with Crippen molar-refractivity contribution in [3.05, 3.63) is 84.7 Å². The summed E-state index contributed by atoms with van der Waals surface area (Å²) in [5, 5.41) is 11.4. The first kappa shape index (κ1) is 24.6. The minimum absolute atomic E-state index is 0.0445. The van der Waals surface area contributed by atoms with Crippen LogP contribution in [0.4, 0.5) is 5.69 Å². The number of allylic oxidation sites excluding steroid dienone is 2. The SMILES string of the molecule is O=C(Nc1ccc2c(c1)OCO2)[C@@H]([C@@H]1CC=CCC1)N(Cc1cccnc1)C(=O)Cn1nnc2ccccc21. The average Bonchev–Trinajstić information content (AvgIpc) is 3.61. The monoisotopic (exact) mass is 524 g/mol. The largest absolute Gasteiger partial charge is 0.454 e. The van der Waals surface area contributed by atoms with E-state index in [0.717, 1.165) is 23.9 Å². The smallest absolute Gasteiger partial charge is 0.247 e. The molecule has 0 bridgehead atoms. The van der Waals surface area contributed by atoms with Crippen LogP contribution in [0, 0.1) is 5.92 Å². The number of aromatic nitrogens is 4. The standard InChI is InChI=1S/C29H28N6O4/c36-27(18-35-24-11-5-4-10-23(24)32-33-35)34(17-20-7-6-14-30-16-20)28(21-8-2-1-3-9-21)29(37)31-22-12-13-25-26(15-22)39-19-38-25/h1-2,4-7,10-16,21,28H,3,8-9,17-19H2,(H,31,37)/t21-,28-/m1/s1. The van der Waals surface area contributed by atoms with Gasteiger partial charge >= 0.3 is 0 Å². The van der Waals surface area contributed by atoms with Crippen LogP contribution in [0.25, 0.3) is 11.0 Å². The van der Waals surface area contributed by atoms with E-state index in [9.17, 15) is 9.59 Å². The van der Waals surface area contributed by atoms with Crippen molar-refractivity contribution in [2.75, 3.05) is 12.1 Å².